The molecule has 0 aromatic heterocycles. The van der Waals surface area contributed by atoms with E-state index in [0.29, 0.717) is 5.75 Å². The van der Waals surface area contributed by atoms with Gasteiger partial charge >= 0.3 is 0 Å². The summed E-state index contributed by atoms with van der Waals surface area (Å²) in [6.07, 6.45) is 11.8. The van der Waals surface area contributed by atoms with E-state index in [2.05, 4.69) is 0 Å². The summed E-state index contributed by atoms with van der Waals surface area (Å²) in [6.45, 7) is 0. The van der Waals surface area contributed by atoms with Crippen LogP contribution in [-0.4, -0.2) is 23.1 Å². The minimum Gasteiger partial charge on any atom is -0.507 e. The number of methoxy groups -OCH3 is 1. The Kier molecular flexibility index (Phi) is 4.25. The van der Waals surface area contributed by atoms with Crippen molar-refractivity contribution >= 4 is 5.78 Å². The average Bonchev–Trinajstić information content (AvgIpc) is 2.45. The number of hydrogen-bond acceptors (Lipinski definition) is 4. The number of carbonyl (C=O) groups is 1. The van der Waals surface area contributed by atoms with E-state index >= 15 is 0 Å². The van der Waals surface area contributed by atoms with Crippen molar-refractivity contribution in [2.75, 3.05) is 7.11 Å². The molecule has 4 nitrogen and oxygen atoms in total. The van der Waals surface area contributed by atoms with Crippen molar-refractivity contribution in [2.24, 2.45) is 5.92 Å². The Morgan fingerprint density at radius 1 is 1.30 bits per heavy atom. The zero-order valence-electron chi connectivity index (χ0n) is 11.1. The third-order valence-corrected chi connectivity index (χ3v) is 3.06. The van der Waals surface area contributed by atoms with E-state index in [-0.39, 0.29) is 23.0 Å². The fourth-order valence-corrected chi connectivity index (χ4v) is 1.99. The smallest absolute Gasteiger partial charge is 0.193 e. The maximum absolute atomic E-state index is 12.0. The van der Waals surface area contributed by atoms with Gasteiger partial charge in [-0.15, -0.1) is 0 Å². The zero-order chi connectivity index (χ0) is 14.5. The van der Waals surface area contributed by atoms with Gasteiger partial charge in [0.05, 0.1) is 7.11 Å². The van der Waals surface area contributed by atoms with E-state index in [9.17, 15) is 15.0 Å². The maximum Gasteiger partial charge on any atom is 0.193 e. The topological polar surface area (TPSA) is 66.8 Å². The van der Waals surface area contributed by atoms with E-state index in [4.69, 9.17) is 4.74 Å². The van der Waals surface area contributed by atoms with Crippen molar-refractivity contribution in [1.29, 1.82) is 0 Å². The quantitative estimate of drug-likeness (QED) is 0.653. The van der Waals surface area contributed by atoms with Crippen LogP contribution in [0, 0.1) is 5.92 Å². The molecule has 20 heavy (non-hydrogen) atoms. The molecule has 1 aromatic rings. The van der Waals surface area contributed by atoms with Crippen LogP contribution in [0.25, 0.3) is 0 Å². The standard InChI is InChI=1S/C16H16O4/c1-20-12-9-14(18)16(15(19)10-12)13(17)8-7-11-5-3-2-4-6-11/h2-5,7-11,18-19H,6H2,1H3. The highest BCUT2D eigenvalue weighted by atomic mass is 16.5. The summed E-state index contributed by atoms with van der Waals surface area (Å²) in [6, 6.07) is 2.59. The molecule has 4 heteroatoms. The highest BCUT2D eigenvalue weighted by molar-refractivity contribution is 6.08. The number of carbonyl (C=O) groups excluding carboxylic acids is 1. The number of rotatable bonds is 4. The first kappa shape index (κ1) is 13.9. The summed E-state index contributed by atoms with van der Waals surface area (Å²) in [5.41, 5.74) is -0.114. The molecule has 0 heterocycles. The Hall–Kier alpha value is -2.49. The van der Waals surface area contributed by atoms with Crippen LogP contribution in [0.4, 0.5) is 0 Å². The first-order valence-corrected chi connectivity index (χ1v) is 6.27. The molecule has 0 fully saturated rings. The molecule has 104 valence electrons. The number of aromatic hydroxyl groups is 2. The van der Waals surface area contributed by atoms with Crippen molar-refractivity contribution in [3.63, 3.8) is 0 Å². The molecule has 0 radical (unpaired) electrons. The molecule has 2 N–H and O–H groups in total. The average molecular weight is 272 g/mol. The number of ketones is 1. The van der Waals surface area contributed by atoms with Crippen LogP contribution in [-0.2, 0) is 0 Å². The lowest BCUT2D eigenvalue weighted by Gasteiger charge is -2.08. The Bertz CT molecular complexity index is 573. The van der Waals surface area contributed by atoms with Crippen LogP contribution < -0.4 is 4.74 Å². The van der Waals surface area contributed by atoms with E-state index in [1.54, 1.807) is 6.08 Å². The number of allylic oxidation sites excluding steroid dienone is 6. The molecule has 0 amide bonds. The zero-order valence-corrected chi connectivity index (χ0v) is 11.1. The summed E-state index contributed by atoms with van der Waals surface area (Å²) in [5, 5.41) is 19.6. The van der Waals surface area contributed by atoms with Crippen LogP contribution in [0.2, 0.25) is 0 Å². The fraction of sp³-hybridized carbons (Fsp3) is 0.188. The molecule has 0 bridgehead atoms. The summed E-state index contributed by atoms with van der Waals surface area (Å²) in [7, 11) is 1.42. The highest BCUT2D eigenvalue weighted by Crippen LogP contribution is 2.33. The lowest BCUT2D eigenvalue weighted by molar-refractivity contribution is 0.104. The van der Waals surface area contributed by atoms with Gasteiger partial charge in [-0.2, -0.15) is 0 Å². The Labute approximate surface area is 117 Å². The minimum absolute atomic E-state index is 0.114. The molecule has 0 saturated heterocycles. The third kappa shape index (κ3) is 3.09. The lowest BCUT2D eigenvalue weighted by Crippen LogP contribution is -1.99. The van der Waals surface area contributed by atoms with Crippen molar-refractivity contribution in [3.05, 3.63) is 54.2 Å². The van der Waals surface area contributed by atoms with Crippen LogP contribution in [0.3, 0.4) is 0 Å². The van der Waals surface area contributed by atoms with Crippen LogP contribution in [0.15, 0.2) is 48.6 Å². The predicted molar refractivity (Wildman–Crippen MR) is 76.2 cm³/mol. The SMILES string of the molecule is COc1cc(O)c(C(=O)C=CC2C=CC=CC2)c(O)c1. The largest absolute Gasteiger partial charge is 0.507 e. The molecule has 0 aliphatic heterocycles. The van der Waals surface area contributed by atoms with Crippen molar-refractivity contribution < 1.29 is 19.7 Å². The van der Waals surface area contributed by atoms with Gasteiger partial charge in [0.1, 0.15) is 22.8 Å². The van der Waals surface area contributed by atoms with Crippen LogP contribution in [0.5, 0.6) is 17.2 Å². The first-order chi connectivity index (χ1) is 9.61. The van der Waals surface area contributed by atoms with Gasteiger partial charge in [-0.1, -0.05) is 30.4 Å². The van der Waals surface area contributed by atoms with Crippen molar-refractivity contribution in [3.8, 4) is 17.2 Å². The number of benzene rings is 1. The summed E-state index contributed by atoms with van der Waals surface area (Å²) >= 11 is 0. The van der Waals surface area contributed by atoms with Gasteiger partial charge in [-0.05, 0) is 18.4 Å². The second kappa shape index (κ2) is 6.10. The molecule has 2 rings (SSSR count). The Balaban J connectivity index is 2.19. The van der Waals surface area contributed by atoms with Crippen molar-refractivity contribution in [2.45, 2.75) is 6.42 Å². The molecular formula is C16H16O4. The van der Waals surface area contributed by atoms with Crippen LogP contribution >= 0.6 is 0 Å². The Morgan fingerprint density at radius 3 is 2.55 bits per heavy atom. The number of phenols is 2. The van der Waals surface area contributed by atoms with Gasteiger partial charge in [0.25, 0.3) is 0 Å². The van der Waals surface area contributed by atoms with E-state index in [1.807, 2.05) is 24.3 Å². The van der Waals surface area contributed by atoms with Crippen molar-refractivity contribution in [1.82, 2.24) is 0 Å². The molecule has 1 atom stereocenters. The lowest BCUT2D eigenvalue weighted by atomic mass is 9.99. The van der Waals surface area contributed by atoms with Gasteiger partial charge < -0.3 is 14.9 Å². The van der Waals surface area contributed by atoms with Gasteiger partial charge in [0.15, 0.2) is 5.78 Å². The van der Waals surface area contributed by atoms with Crippen LogP contribution in [0.1, 0.15) is 16.8 Å². The third-order valence-electron chi connectivity index (χ3n) is 3.06. The number of hydrogen-bond donors (Lipinski definition) is 2. The first-order valence-electron chi connectivity index (χ1n) is 6.27. The molecule has 0 saturated carbocycles. The summed E-state index contributed by atoms with van der Waals surface area (Å²) in [4.78, 5) is 12.0. The van der Waals surface area contributed by atoms with Gasteiger partial charge in [0.2, 0.25) is 0 Å². The summed E-state index contributed by atoms with van der Waals surface area (Å²) < 4.78 is 4.90. The monoisotopic (exact) mass is 272 g/mol. The summed E-state index contributed by atoms with van der Waals surface area (Å²) in [5.74, 6) is -0.580. The molecule has 1 aliphatic carbocycles. The molecule has 1 unspecified atom stereocenters. The van der Waals surface area contributed by atoms with Gasteiger partial charge in [-0.3, -0.25) is 4.79 Å². The van der Waals surface area contributed by atoms with E-state index in [1.165, 1.54) is 25.3 Å². The molecular weight excluding hydrogens is 256 g/mol. The normalized spacial score (nSPS) is 17.6. The second-order valence-electron chi connectivity index (χ2n) is 4.48. The number of phenolic OH excluding ortho intramolecular Hbond substituents is 2. The maximum atomic E-state index is 12.0. The molecule has 1 aromatic carbocycles. The van der Waals surface area contributed by atoms with Gasteiger partial charge in [0, 0.05) is 12.1 Å². The molecule has 0 spiro atoms. The predicted octanol–water partition coefficient (Wildman–Crippen LogP) is 2.98. The molecule has 1 aliphatic rings. The fourth-order valence-electron chi connectivity index (χ4n) is 1.99. The van der Waals surface area contributed by atoms with E-state index in [0.717, 1.165) is 6.42 Å². The minimum atomic E-state index is -0.439. The van der Waals surface area contributed by atoms with Gasteiger partial charge in [-0.25, -0.2) is 0 Å². The van der Waals surface area contributed by atoms with E-state index < -0.39 is 5.78 Å². The highest BCUT2D eigenvalue weighted by Gasteiger charge is 2.16. The number of ether oxygens (including phenoxy) is 1. The Morgan fingerprint density at radius 2 is 2.00 bits per heavy atom. The second-order valence-corrected chi connectivity index (χ2v) is 4.48.